The van der Waals surface area contributed by atoms with Crippen LogP contribution in [0.3, 0.4) is 0 Å². The van der Waals surface area contributed by atoms with Gasteiger partial charge < -0.3 is 14.1 Å². The molecule has 0 unspecified atom stereocenters. The number of pyridine rings is 1. The zero-order chi connectivity index (χ0) is 21.8. The molecule has 4 rings (SSSR count). The van der Waals surface area contributed by atoms with E-state index in [4.69, 9.17) is 9.15 Å². The number of para-hydroxylation sites is 2. The maximum absolute atomic E-state index is 13.4. The number of aromatic nitrogens is 1. The number of fused-ring (bicyclic) bond motifs is 1. The SMILES string of the molecule is CC(C)[C@@H]1Oc2ccccc2N(CC(=O)N(Cc2ccncc2)Cc2ccco2)C1=O. The van der Waals surface area contributed by atoms with Crippen LogP contribution in [0, 0.1) is 5.92 Å². The quantitative estimate of drug-likeness (QED) is 0.584. The van der Waals surface area contributed by atoms with Crippen molar-refractivity contribution in [2.45, 2.75) is 33.0 Å². The molecule has 0 N–H and O–H groups in total. The minimum absolute atomic E-state index is 0.0190. The maximum atomic E-state index is 13.4. The molecular weight excluding hydrogens is 394 g/mol. The highest BCUT2D eigenvalue weighted by molar-refractivity contribution is 6.04. The Balaban J connectivity index is 1.60. The van der Waals surface area contributed by atoms with Gasteiger partial charge in [0.1, 0.15) is 18.1 Å². The van der Waals surface area contributed by atoms with Crippen molar-refractivity contribution in [2.75, 3.05) is 11.4 Å². The molecule has 0 fully saturated rings. The van der Waals surface area contributed by atoms with Crippen LogP contribution in [0.2, 0.25) is 0 Å². The van der Waals surface area contributed by atoms with E-state index in [2.05, 4.69) is 4.98 Å². The van der Waals surface area contributed by atoms with E-state index >= 15 is 0 Å². The Kier molecular flexibility index (Phi) is 6.02. The summed E-state index contributed by atoms with van der Waals surface area (Å²) in [5.41, 5.74) is 1.56. The normalized spacial score (nSPS) is 15.5. The highest BCUT2D eigenvalue weighted by atomic mass is 16.5. The third-order valence-electron chi connectivity index (χ3n) is 5.22. The number of carbonyl (C=O) groups excluding carboxylic acids is 2. The van der Waals surface area contributed by atoms with Crippen molar-refractivity contribution in [1.29, 1.82) is 0 Å². The molecule has 1 atom stereocenters. The molecule has 1 aliphatic rings. The number of ether oxygens (including phenoxy) is 1. The highest BCUT2D eigenvalue weighted by Crippen LogP contribution is 2.35. The standard InChI is InChI=1S/C24H25N3O4/c1-17(2)23-24(29)27(20-7-3-4-8-21(20)31-23)16-22(28)26(15-19-6-5-13-30-19)14-18-9-11-25-12-10-18/h3-13,17,23H,14-16H2,1-2H3/t23-/m0/s1. The van der Waals surface area contributed by atoms with E-state index in [-0.39, 0.29) is 24.3 Å². The minimum Gasteiger partial charge on any atom is -0.478 e. The third-order valence-corrected chi connectivity index (χ3v) is 5.22. The van der Waals surface area contributed by atoms with Crippen LogP contribution >= 0.6 is 0 Å². The highest BCUT2D eigenvalue weighted by Gasteiger charge is 2.37. The smallest absolute Gasteiger partial charge is 0.268 e. The average molecular weight is 419 g/mol. The van der Waals surface area contributed by atoms with E-state index in [9.17, 15) is 9.59 Å². The third kappa shape index (κ3) is 4.60. The molecule has 0 bridgehead atoms. The second kappa shape index (κ2) is 9.04. The number of amides is 2. The second-order valence-corrected chi connectivity index (χ2v) is 7.86. The van der Waals surface area contributed by atoms with Gasteiger partial charge in [-0.3, -0.25) is 19.5 Å². The fraction of sp³-hybridized carbons (Fsp3) is 0.292. The predicted octanol–water partition coefficient (Wildman–Crippen LogP) is 3.65. The number of anilines is 1. The van der Waals surface area contributed by atoms with Crippen LogP contribution in [0.4, 0.5) is 5.69 Å². The Morgan fingerprint density at radius 2 is 1.87 bits per heavy atom. The van der Waals surface area contributed by atoms with Gasteiger partial charge in [-0.25, -0.2) is 0 Å². The summed E-state index contributed by atoms with van der Waals surface area (Å²) >= 11 is 0. The summed E-state index contributed by atoms with van der Waals surface area (Å²) in [6.45, 7) is 4.48. The Labute approximate surface area is 181 Å². The number of carbonyl (C=O) groups is 2. The first-order valence-corrected chi connectivity index (χ1v) is 10.3. The summed E-state index contributed by atoms with van der Waals surface area (Å²) in [6.07, 6.45) is 4.35. The van der Waals surface area contributed by atoms with Crippen molar-refractivity contribution in [3.63, 3.8) is 0 Å². The van der Waals surface area contributed by atoms with Crippen molar-refractivity contribution < 1.29 is 18.7 Å². The molecule has 3 heterocycles. The van der Waals surface area contributed by atoms with E-state index in [1.807, 2.05) is 50.2 Å². The van der Waals surface area contributed by atoms with Gasteiger partial charge in [-0.1, -0.05) is 26.0 Å². The molecule has 0 radical (unpaired) electrons. The van der Waals surface area contributed by atoms with Crippen LogP contribution in [0.1, 0.15) is 25.2 Å². The Bertz CT molecular complexity index is 1030. The molecule has 1 aliphatic heterocycles. The summed E-state index contributed by atoms with van der Waals surface area (Å²) in [6, 6.07) is 14.7. The van der Waals surface area contributed by atoms with Crippen molar-refractivity contribution in [1.82, 2.24) is 9.88 Å². The number of nitrogens with zero attached hydrogens (tertiary/aromatic N) is 3. The zero-order valence-electron chi connectivity index (χ0n) is 17.6. The summed E-state index contributed by atoms with van der Waals surface area (Å²) in [4.78, 5) is 33.8. The van der Waals surface area contributed by atoms with Gasteiger partial charge in [0.2, 0.25) is 5.91 Å². The van der Waals surface area contributed by atoms with Crippen LogP contribution < -0.4 is 9.64 Å². The first-order valence-electron chi connectivity index (χ1n) is 10.3. The molecule has 1 aromatic carbocycles. The molecule has 3 aromatic rings. The van der Waals surface area contributed by atoms with Crippen LogP contribution in [0.15, 0.2) is 71.6 Å². The molecular formula is C24H25N3O4. The summed E-state index contributed by atoms with van der Waals surface area (Å²) in [7, 11) is 0. The molecule has 2 amide bonds. The monoisotopic (exact) mass is 419 g/mol. The zero-order valence-corrected chi connectivity index (χ0v) is 17.6. The largest absolute Gasteiger partial charge is 0.478 e. The first-order chi connectivity index (χ1) is 15.0. The van der Waals surface area contributed by atoms with Gasteiger partial charge in [0.25, 0.3) is 5.91 Å². The Morgan fingerprint density at radius 3 is 2.58 bits per heavy atom. The van der Waals surface area contributed by atoms with Crippen molar-refractivity contribution in [3.05, 3.63) is 78.5 Å². The van der Waals surface area contributed by atoms with E-state index in [1.165, 1.54) is 4.90 Å². The summed E-state index contributed by atoms with van der Waals surface area (Å²) in [5, 5.41) is 0. The average Bonchev–Trinajstić information content (AvgIpc) is 3.28. The lowest BCUT2D eigenvalue weighted by molar-refractivity contribution is -0.135. The van der Waals surface area contributed by atoms with Gasteiger partial charge in [0, 0.05) is 18.9 Å². The number of rotatable bonds is 7. The van der Waals surface area contributed by atoms with Gasteiger partial charge in [0.15, 0.2) is 6.10 Å². The molecule has 7 nitrogen and oxygen atoms in total. The van der Waals surface area contributed by atoms with Crippen molar-refractivity contribution in [3.8, 4) is 5.75 Å². The summed E-state index contributed by atoms with van der Waals surface area (Å²) < 4.78 is 11.4. The van der Waals surface area contributed by atoms with Gasteiger partial charge in [0.05, 0.1) is 18.5 Å². The number of hydrogen-bond acceptors (Lipinski definition) is 5. The second-order valence-electron chi connectivity index (χ2n) is 7.86. The van der Waals surface area contributed by atoms with E-state index in [0.717, 1.165) is 5.56 Å². The van der Waals surface area contributed by atoms with Crippen molar-refractivity contribution >= 4 is 17.5 Å². The number of hydrogen-bond donors (Lipinski definition) is 0. The van der Waals surface area contributed by atoms with Gasteiger partial charge in [-0.2, -0.15) is 0 Å². The minimum atomic E-state index is -0.624. The lowest BCUT2D eigenvalue weighted by Crippen LogP contribution is -2.51. The molecule has 0 saturated heterocycles. The van der Waals surface area contributed by atoms with Crippen LogP contribution in [-0.2, 0) is 22.7 Å². The molecule has 160 valence electrons. The Hall–Kier alpha value is -3.61. The van der Waals surface area contributed by atoms with E-state index in [1.54, 1.807) is 35.7 Å². The summed E-state index contributed by atoms with van der Waals surface area (Å²) in [5.74, 6) is 0.885. The topological polar surface area (TPSA) is 75.9 Å². The van der Waals surface area contributed by atoms with Crippen LogP contribution in [-0.4, -0.2) is 34.3 Å². The lowest BCUT2D eigenvalue weighted by atomic mass is 10.0. The fourth-order valence-electron chi connectivity index (χ4n) is 3.59. The van der Waals surface area contributed by atoms with Crippen LogP contribution in [0.25, 0.3) is 0 Å². The fourth-order valence-corrected chi connectivity index (χ4v) is 3.59. The van der Waals surface area contributed by atoms with E-state index in [0.29, 0.717) is 30.3 Å². The molecule has 0 saturated carbocycles. The molecule has 31 heavy (non-hydrogen) atoms. The van der Waals surface area contributed by atoms with Gasteiger partial charge >= 0.3 is 0 Å². The number of benzene rings is 1. The Morgan fingerprint density at radius 1 is 1.10 bits per heavy atom. The van der Waals surface area contributed by atoms with Gasteiger partial charge in [-0.15, -0.1) is 0 Å². The lowest BCUT2D eigenvalue weighted by Gasteiger charge is -2.36. The number of furan rings is 1. The van der Waals surface area contributed by atoms with Crippen molar-refractivity contribution in [2.24, 2.45) is 5.92 Å². The predicted molar refractivity (Wildman–Crippen MR) is 115 cm³/mol. The first kappa shape index (κ1) is 20.7. The molecule has 0 spiro atoms. The van der Waals surface area contributed by atoms with E-state index < -0.39 is 6.10 Å². The molecule has 2 aromatic heterocycles. The molecule has 7 heteroatoms. The van der Waals surface area contributed by atoms with Crippen LogP contribution in [0.5, 0.6) is 5.75 Å². The molecule has 0 aliphatic carbocycles. The maximum Gasteiger partial charge on any atom is 0.268 e. The van der Waals surface area contributed by atoms with Gasteiger partial charge in [-0.05, 0) is 47.9 Å².